The van der Waals surface area contributed by atoms with Crippen molar-refractivity contribution in [1.82, 2.24) is 39.9 Å². The van der Waals surface area contributed by atoms with E-state index in [0.717, 1.165) is 11.4 Å². The molecule has 9 heteroatoms. The van der Waals surface area contributed by atoms with Gasteiger partial charge in [0, 0.05) is 18.5 Å². The van der Waals surface area contributed by atoms with Crippen LogP contribution in [0, 0.1) is 5.92 Å². The van der Waals surface area contributed by atoms with E-state index in [1.807, 2.05) is 39.9 Å². The average Bonchev–Trinajstić information content (AvgIpc) is 3.35. The summed E-state index contributed by atoms with van der Waals surface area (Å²) in [6.45, 7) is 5.96. The van der Waals surface area contributed by atoms with Gasteiger partial charge in [-0.1, -0.05) is 44.2 Å². The lowest BCUT2D eigenvalue weighted by atomic mass is 9.99. The highest BCUT2D eigenvalue weighted by atomic mass is 16.2. The molecule has 9 nitrogen and oxygen atoms in total. The first-order chi connectivity index (χ1) is 13.1. The molecule has 1 amide bonds. The van der Waals surface area contributed by atoms with Crippen molar-refractivity contribution in [2.75, 3.05) is 6.54 Å². The molecule has 1 aliphatic rings. The number of nitrogens with zero attached hydrogens (tertiary/aromatic N) is 8. The van der Waals surface area contributed by atoms with Gasteiger partial charge in [-0.2, -0.15) is 5.10 Å². The van der Waals surface area contributed by atoms with E-state index in [0.29, 0.717) is 31.9 Å². The number of aryl methyl sites for hydroxylation is 1. The number of benzene rings is 1. The third kappa shape index (κ3) is 3.44. The number of carbonyl (C=O) groups excluding carboxylic acids is 1. The topological polar surface area (TPSA) is 94.6 Å². The fraction of sp³-hybridized carbons (Fsp3) is 0.444. The van der Waals surface area contributed by atoms with Crippen molar-refractivity contribution in [3.8, 4) is 11.4 Å². The van der Waals surface area contributed by atoms with Crippen LogP contribution >= 0.6 is 0 Å². The van der Waals surface area contributed by atoms with E-state index >= 15 is 0 Å². The summed E-state index contributed by atoms with van der Waals surface area (Å²) in [7, 11) is 0. The Morgan fingerprint density at radius 3 is 2.74 bits per heavy atom. The van der Waals surface area contributed by atoms with Gasteiger partial charge in [0.15, 0.2) is 11.6 Å². The van der Waals surface area contributed by atoms with Crippen LogP contribution in [0.1, 0.15) is 32.1 Å². The second-order valence-corrected chi connectivity index (χ2v) is 6.98. The average molecular weight is 366 g/mol. The standard InChI is InChI=1S/C18H22N8O/c1-13(2)16-18-20-17(14-6-4-3-5-7-14)21-26(18)11-10-25(16)15(27)8-9-24-12-19-22-23-24/h3-7,12-13,16H,8-11H2,1-2H3/t16-/m0/s1. The van der Waals surface area contributed by atoms with Crippen LogP contribution < -0.4 is 0 Å². The molecule has 2 aromatic heterocycles. The van der Waals surface area contributed by atoms with Gasteiger partial charge in [-0.05, 0) is 16.3 Å². The molecular weight excluding hydrogens is 344 g/mol. The van der Waals surface area contributed by atoms with E-state index in [9.17, 15) is 4.79 Å². The normalized spacial score (nSPS) is 16.6. The van der Waals surface area contributed by atoms with Crippen LogP contribution in [0.5, 0.6) is 0 Å². The molecule has 0 saturated carbocycles. The van der Waals surface area contributed by atoms with E-state index in [1.54, 1.807) is 4.68 Å². The molecule has 0 saturated heterocycles. The zero-order valence-electron chi connectivity index (χ0n) is 15.4. The van der Waals surface area contributed by atoms with Gasteiger partial charge >= 0.3 is 0 Å². The summed E-state index contributed by atoms with van der Waals surface area (Å²) in [6, 6.07) is 9.84. The Morgan fingerprint density at radius 1 is 1.22 bits per heavy atom. The number of amides is 1. The summed E-state index contributed by atoms with van der Waals surface area (Å²) < 4.78 is 3.51. The highest BCUT2D eigenvalue weighted by Crippen LogP contribution is 2.32. The molecule has 1 atom stereocenters. The first-order valence-corrected chi connectivity index (χ1v) is 9.14. The largest absolute Gasteiger partial charge is 0.330 e. The molecule has 1 aliphatic heterocycles. The molecule has 140 valence electrons. The van der Waals surface area contributed by atoms with Gasteiger partial charge in [0.1, 0.15) is 6.33 Å². The summed E-state index contributed by atoms with van der Waals surface area (Å²) in [6.07, 6.45) is 1.88. The molecule has 3 aromatic rings. The Hall–Kier alpha value is -3.10. The highest BCUT2D eigenvalue weighted by Gasteiger charge is 2.35. The SMILES string of the molecule is CC(C)[C@H]1c2nc(-c3ccccc3)nn2CCN1C(=O)CCn1cnnn1. The fourth-order valence-electron chi connectivity index (χ4n) is 3.50. The maximum absolute atomic E-state index is 12.9. The van der Waals surface area contributed by atoms with Gasteiger partial charge in [-0.3, -0.25) is 4.79 Å². The zero-order valence-corrected chi connectivity index (χ0v) is 15.4. The molecule has 4 rings (SSSR count). The monoisotopic (exact) mass is 366 g/mol. The first-order valence-electron chi connectivity index (χ1n) is 9.14. The number of rotatable bonds is 5. The van der Waals surface area contributed by atoms with Gasteiger partial charge in [-0.15, -0.1) is 5.10 Å². The summed E-state index contributed by atoms with van der Waals surface area (Å²) in [5.41, 5.74) is 0.985. The van der Waals surface area contributed by atoms with Crippen LogP contribution in [0.3, 0.4) is 0 Å². The number of hydrogen-bond donors (Lipinski definition) is 0. The van der Waals surface area contributed by atoms with Gasteiger partial charge in [0.2, 0.25) is 5.91 Å². The van der Waals surface area contributed by atoms with Crippen LogP contribution in [0.25, 0.3) is 11.4 Å². The van der Waals surface area contributed by atoms with E-state index in [1.165, 1.54) is 6.33 Å². The highest BCUT2D eigenvalue weighted by molar-refractivity contribution is 5.76. The van der Waals surface area contributed by atoms with Crippen molar-refractivity contribution in [3.05, 3.63) is 42.5 Å². The lowest BCUT2D eigenvalue weighted by molar-refractivity contribution is -0.136. The lowest BCUT2D eigenvalue weighted by Gasteiger charge is -2.37. The molecule has 0 spiro atoms. The summed E-state index contributed by atoms with van der Waals surface area (Å²) in [5, 5.41) is 15.7. The van der Waals surface area contributed by atoms with Crippen LogP contribution in [-0.4, -0.2) is 52.3 Å². The van der Waals surface area contributed by atoms with Crippen molar-refractivity contribution < 1.29 is 4.79 Å². The molecule has 0 fully saturated rings. The first kappa shape index (κ1) is 17.3. The Balaban J connectivity index is 1.57. The maximum Gasteiger partial charge on any atom is 0.225 e. The van der Waals surface area contributed by atoms with Crippen LogP contribution in [0.4, 0.5) is 0 Å². The van der Waals surface area contributed by atoms with Crippen molar-refractivity contribution in [2.45, 2.75) is 39.4 Å². The van der Waals surface area contributed by atoms with Gasteiger partial charge in [0.25, 0.3) is 0 Å². The number of tetrazole rings is 1. The molecule has 0 N–H and O–H groups in total. The second-order valence-electron chi connectivity index (χ2n) is 6.98. The Labute approximate surface area is 157 Å². The van der Waals surface area contributed by atoms with Gasteiger partial charge in [0.05, 0.1) is 19.1 Å². The minimum absolute atomic E-state index is 0.0831. The van der Waals surface area contributed by atoms with E-state index in [-0.39, 0.29) is 17.9 Å². The Bertz CT molecular complexity index is 903. The number of hydrogen-bond acceptors (Lipinski definition) is 6. The fourth-order valence-corrected chi connectivity index (χ4v) is 3.50. The maximum atomic E-state index is 12.9. The van der Waals surface area contributed by atoms with Crippen LogP contribution in [0.15, 0.2) is 36.7 Å². The molecule has 0 aliphatic carbocycles. The molecule has 0 radical (unpaired) electrons. The third-order valence-electron chi connectivity index (χ3n) is 4.78. The van der Waals surface area contributed by atoms with Crippen molar-refractivity contribution in [1.29, 1.82) is 0 Å². The Kier molecular flexibility index (Phi) is 4.66. The summed E-state index contributed by atoms with van der Waals surface area (Å²) in [5.74, 6) is 1.87. The number of fused-ring (bicyclic) bond motifs is 1. The number of carbonyl (C=O) groups is 1. The molecule has 1 aromatic carbocycles. The van der Waals surface area contributed by atoms with Crippen molar-refractivity contribution in [2.24, 2.45) is 5.92 Å². The van der Waals surface area contributed by atoms with E-state index < -0.39 is 0 Å². The van der Waals surface area contributed by atoms with Gasteiger partial charge < -0.3 is 4.90 Å². The van der Waals surface area contributed by atoms with Crippen LogP contribution in [0.2, 0.25) is 0 Å². The van der Waals surface area contributed by atoms with Gasteiger partial charge in [-0.25, -0.2) is 14.3 Å². The van der Waals surface area contributed by atoms with Crippen molar-refractivity contribution in [3.63, 3.8) is 0 Å². The molecule has 0 bridgehead atoms. The molecular formula is C18H22N8O. The Morgan fingerprint density at radius 2 is 2.04 bits per heavy atom. The number of aromatic nitrogens is 7. The molecule has 0 unspecified atom stereocenters. The molecule has 3 heterocycles. The predicted molar refractivity (Wildman–Crippen MR) is 97.2 cm³/mol. The minimum Gasteiger partial charge on any atom is -0.330 e. The third-order valence-corrected chi connectivity index (χ3v) is 4.78. The molecule has 27 heavy (non-hydrogen) atoms. The predicted octanol–water partition coefficient (Wildman–Crippen LogP) is 1.56. The summed E-state index contributed by atoms with van der Waals surface area (Å²) >= 11 is 0. The lowest BCUT2D eigenvalue weighted by Crippen LogP contribution is -2.44. The van der Waals surface area contributed by atoms with E-state index in [2.05, 4.69) is 34.5 Å². The quantitative estimate of drug-likeness (QED) is 0.680. The zero-order chi connectivity index (χ0) is 18.8. The van der Waals surface area contributed by atoms with Crippen molar-refractivity contribution >= 4 is 5.91 Å². The smallest absolute Gasteiger partial charge is 0.225 e. The summed E-state index contributed by atoms with van der Waals surface area (Å²) in [4.78, 5) is 19.6. The minimum atomic E-state index is -0.0925. The van der Waals surface area contributed by atoms with Crippen LogP contribution in [-0.2, 0) is 17.9 Å². The second kappa shape index (κ2) is 7.26. The van der Waals surface area contributed by atoms with E-state index in [4.69, 9.17) is 4.98 Å².